The maximum absolute atomic E-state index is 4.80. The number of nitrogens with zero attached hydrogens (tertiary/aromatic N) is 3. The van der Waals surface area contributed by atoms with Crippen molar-refractivity contribution in [2.24, 2.45) is 9.98 Å². The summed E-state index contributed by atoms with van der Waals surface area (Å²) < 4.78 is 0. The molecule has 3 rings (SSSR count). The van der Waals surface area contributed by atoms with Crippen molar-refractivity contribution < 1.29 is 13.1 Å². The summed E-state index contributed by atoms with van der Waals surface area (Å²) in [5.41, 5.74) is 10.3. The van der Waals surface area contributed by atoms with E-state index in [1.807, 2.05) is 32.0 Å². The quantitative estimate of drug-likeness (QED) is 0.267. The fourth-order valence-electron chi connectivity index (χ4n) is 3.18. The van der Waals surface area contributed by atoms with E-state index in [0.717, 1.165) is 34.2 Å². The van der Waals surface area contributed by atoms with E-state index >= 15 is 0 Å². The predicted octanol–water partition coefficient (Wildman–Crippen LogP) is 7.97. The number of aliphatic imine (C=N–C) groups is 2. The van der Waals surface area contributed by atoms with E-state index in [9.17, 15) is 0 Å². The summed E-state index contributed by atoms with van der Waals surface area (Å²) in [6.07, 6.45) is 0. The van der Waals surface area contributed by atoms with E-state index < -0.39 is 0 Å². The first kappa shape index (κ1) is 25.3. The van der Waals surface area contributed by atoms with Crippen molar-refractivity contribution in [1.29, 1.82) is 0 Å². The van der Waals surface area contributed by atoms with Crippen LogP contribution in [0.5, 0.6) is 0 Å². The summed E-state index contributed by atoms with van der Waals surface area (Å²) in [4.78, 5) is 14.4. The first-order valence-electron chi connectivity index (χ1n) is 9.83. The van der Waals surface area contributed by atoms with Crippen molar-refractivity contribution in [2.45, 2.75) is 41.5 Å². The summed E-state index contributed by atoms with van der Waals surface area (Å²) in [6, 6.07) is 18.6. The first-order valence-corrected chi connectivity index (χ1v) is 12.9. The number of hydrogen-bond acceptors (Lipinski definition) is 3. The number of aromatic nitrogens is 1. The van der Waals surface area contributed by atoms with Crippen LogP contribution in [0.25, 0.3) is 0 Å². The molecule has 31 heavy (non-hydrogen) atoms. The van der Waals surface area contributed by atoms with Crippen LogP contribution in [0.4, 0.5) is 11.4 Å². The Bertz CT molecular complexity index is 1020. The number of hydrogen-bond donors (Lipinski definition) is 0. The Balaban J connectivity index is 0.00000107. The molecular weight excluding hydrogens is 469 g/mol. The average molecular weight is 496 g/mol. The van der Waals surface area contributed by atoms with Crippen LogP contribution < -0.4 is 0 Å². The molecule has 164 valence electrons. The molecule has 6 heteroatoms. The zero-order chi connectivity index (χ0) is 23.0. The number of pyridine rings is 1. The van der Waals surface area contributed by atoms with Gasteiger partial charge in [0.25, 0.3) is 0 Å². The fourth-order valence-corrected chi connectivity index (χ4v) is 3.18. The van der Waals surface area contributed by atoms with E-state index in [-0.39, 0.29) is 13.1 Å². The van der Waals surface area contributed by atoms with Gasteiger partial charge >= 0.3 is 33.3 Å². The van der Waals surface area contributed by atoms with Crippen LogP contribution in [-0.4, -0.2) is 16.4 Å². The third-order valence-electron chi connectivity index (χ3n) is 4.77. The molecule has 2 aromatic carbocycles. The van der Waals surface area contributed by atoms with Gasteiger partial charge in [0.05, 0.1) is 34.2 Å². The molecule has 0 aliphatic carbocycles. The minimum atomic E-state index is 0.194. The molecular formula is C25H27Cl2FeN3. The molecule has 1 aromatic heterocycles. The van der Waals surface area contributed by atoms with Gasteiger partial charge in [0.2, 0.25) is 0 Å². The molecule has 0 aliphatic heterocycles. The third-order valence-corrected chi connectivity index (χ3v) is 4.77. The van der Waals surface area contributed by atoms with Gasteiger partial charge in [0.1, 0.15) is 0 Å². The molecule has 0 spiro atoms. The monoisotopic (exact) mass is 495 g/mol. The number of benzene rings is 2. The van der Waals surface area contributed by atoms with Gasteiger partial charge in [0, 0.05) is 0 Å². The Hall–Kier alpha value is -1.97. The maximum atomic E-state index is 4.80. The van der Waals surface area contributed by atoms with Crippen LogP contribution in [0.3, 0.4) is 0 Å². The normalized spacial score (nSPS) is 11.9. The molecule has 0 unspecified atom stereocenters. The van der Waals surface area contributed by atoms with Crippen LogP contribution in [0.1, 0.15) is 47.5 Å². The summed E-state index contributed by atoms with van der Waals surface area (Å²) in [5, 5.41) is 0. The molecule has 0 radical (unpaired) electrons. The van der Waals surface area contributed by atoms with Gasteiger partial charge in [-0.1, -0.05) is 41.5 Å². The fraction of sp³-hybridized carbons (Fsp3) is 0.240. The van der Waals surface area contributed by atoms with Crippen LogP contribution in [0.15, 0.2) is 64.6 Å². The molecule has 0 aliphatic rings. The Morgan fingerprint density at radius 3 is 1.45 bits per heavy atom. The molecule has 0 saturated heterocycles. The van der Waals surface area contributed by atoms with E-state index in [0.29, 0.717) is 0 Å². The standard InChI is InChI=1S/C25H27N3.2ClH.Fe/c1-16-10-12-22(18(3)14-16)26-20(5)24-8-7-9-25(28-24)21(6)27-23-13-11-17(2)15-19(23)4;;;/h7-15H,1-6H3;2*1H;/q;;;+2/p-2. The third kappa shape index (κ3) is 7.59. The zero-order valence-electron chi connectivity index (χ0n) is 18.6. The summed E-state index contributed by atoms with van der Waals surface area (Å²) in [5.74, 6) is 0. The zero-order valence-corrected chi connectivity index (χ0v) is 21.3. The van der Waals surface area contributed by atoms with Crippen LogP contribution in [0.2, 0.25) is 0 Å². The molecule has 0 N–H and O–H groups in total. The van der Waals surface area contributed by atoms with Crippen molar-refractivity contribution in [3.05, 3.63) is 88.2 Å². The Labute approximate surface area is 200 Å². The van der Waals surface area contributed by atoms with Gasteiger partial charge in [-0.05, 0) is 76.9 Å². The second kappa shape index (κ2) is 12.2. The van der Waals surface area contributed by atoms with Gasteiger partial charge in [-0.2, -0.15) is 0 Å². The average Bonchev–Trinajstić information content (AvgIpc) is 2.72. The van der Waals surface area contributed by atoms with Crippen molar-refractivity contribution in [3.63, 3.8) is 0 Å². The molecule has 3 aromatic rings. The molecule has 0 fully saturated rings. The number of aryl methyl sites for hydroxylation is 4. The first-order chi connectivity index (χ1) is 14.7. The summed E-state index contributed by atoms with van der Waals surface area (Å²) in [7, 11) is 9.53. The van der Waals surface area contributed by atoms with Crippen molar-refractivity contribution in [2.75, 3.05) is 0 Å². The van der Waals surface area contributed by atoms with Gasteiger partial charge in [-0.15, -0.1) is 0 Å². The van der Waals surface area contributed by atoms with E-state index in [1.165, 1.54) is 22.3 Å². The molecule has 0 amide bonds. The molecule has 3 nitrogen and oxygen atoms in total. The second-order valence-electron chi connectivity index (χ2n) is 7.43. The van der Waals surface area contributed by atoms with Gasteiger partial charge in [0.15, 0.2) is 0 Å². The SMILES string of the molecule is CC(=Nc1ccc(C)cc1C)c1cccc(C(C)=Nc2ccc(C)cc2C)n1.[Cl][Fe][Cl]. The minimum absolute atomic E-state index is 0.194. The Kier molecular flexibility index (Phi) is 9.92. The predicted molar refractivity (Wildman–Crippen MR) is 132 cm³/mol. The molecule has 0 saturated carbocycles. The molecule has 0 atom stereocenters. The Morgan fingerprint density at radius 1 is 0.710 bits per heavy atom. The van der Waals surface area contributed by atoms with E-state index in [1.54, 1.807) is 0 Å². The summed E-state index contributed by atoms with van der Waals surface area (Å²) in [6.45, 7) is 12.4. The van der Waals surface area contributed by atoms with E-state index in [4.69, 9.17) is 35.2 Å². The summed E-state index contributed by atoms with van der Waals surface area (Å²) >= 11 is 0.194. The second-order valence-corrected chi connectivity index (χ2v) is 9.26. The Morgan fingerprint density at radius 2 is 1.10 bits per heavy atom. The van der Waals surface area contributed by atoms with Gasteiger partial charge < -0.3 is 0 Å². The van der Waals surface area contributed by atoms with Crippen molar-refractivity contribution in [3.8, 4) is 0 Å². The topological polar surface area (TPSA) is 37.6 Å². The number of rotatable bonds is 4. The van der Waals surface area contributed by atoms with Crippen LogP contribution in [0, 0.1) is 27.7 Å². The molecule has 0 bridgehead atoms. The number of halogens is 2. The van der Waals surface area contributed by atoms with Crippen LogP contribution in [-0.2, 0) is 13.1 Å². The van der Waals surface area contributed by atoms with Crippen LogP contribution >= 0.6 is 20.2 Å². The van der Waals surface area contributed by atoms with E-state index in [2.05, 4.69) is 64.1 Å². The van der Waals surface area contributed by atoms with Gasteiger partial charge in [-0.25, -0.2) is 4.98 Å². The van der Waals surface area contributed by atoms with Crippen molar-refractivity contribution >= 4 is 43.0 Å². The van der Waals surface area contributed by atoms with Gasteiger partial charge in [-0.3, -0.25) is 9.98 Å². The molecule has 1 heterocycles. The van der Waals surface area contributed by atoms with Crippen molar-refractivity contribution in [1.82, 2.24) is 4.98 Å².